The molecule has 1 aromatic rings. The van der Waals surface area contributed by atoms with Crippen molar-refractivity contribution in [1.82, 2.24) is 0 Å². The molecule has 1 amide bonds. The summed E-state index contributed by atoms with van der Waals surface area (Å²) in [5.41, 5.74) is 1.63. The number of hydrogen-bond acceptors (Lipinski definition) is 3. The Morgan fingerprint density at radius 2 is 2.18 bits per heavy atom. The normalized spacial score (nSPS) is 13.5. The Morgan fingerprint density at radius 3 is 2.77 bits per heavy atom. The highest BCUT2D eigenvalue weighted by molar-refractivity contribution is 6.32. The summed E-state index contributed by atoms with van der Waals surface area (Å²) in [6.45, 7) is 5.04. The van der Waals surface area contributed by atoms with Crippen molar-refractivity contribution < 1.29 is 9.90 Å². The first-order valence-electron chi connectivity index (χ1n) is 7.51. The molecule has 0 aliphatic rings. The van der Waals surface area contributed by atoms with Crippen molar-refractivity contribution in [2.24, 2.45) is 0 Å². The number of benzene rings is 1. The second-order valence-corrected chi connectivity index (χ2v) is 6.23. The number of nitrogens with one attached hydrogen (secondary N) is 1. The average molecular weight is 347 g/mol. The largest absolute Gasteiger partial charge is 0.390 e. The van der Waals surface area contributed by atoms with Crippen molar-refractivity contribution in [3.8, 4) is 0 Å². The highest BCUT2D eigenvalue weighted by Crippen LogP contribution is 2.21. The van der Waals surface area contributed by atoms with Crippen molar-refractivity contribution in [1.29, 1.82) is 0 Å². The number of unbranched alkanes of at least 4 members (excludes halogenated alkanes) is 1. The number of carbonyl (C=O) groups excluding carboxylic acids is 1. The Kier molecular flexibility index (Phi) is 8.61. The molecule has 1 rings (SSSR count). The maximum absolute atomic E-state index is 11.7. The van der Waals surface area contributed by atoms with Crippen LogP contribution in [0.25, 0.3) is 0 Å². The lowest BCUT2D eigenvalue weighted by molar-refractivity contribution is -0.115. The molecule has 124 valence electrons. The minimum atomic E-state index is -0.585. The van der Waals surface area contributed by atoms with E-state index < -0.39 is 11.5 Å². The topological polar surface area (TPSA) is 52.6 Å². The Balaban J connectivity index is 2.86. The zero-order valence-electron chi connectivity index (χ0n) is 13.1. The van der Waals surface area contributed by atoms with Crippen LogP contribution in [0.4, 0.5) is 11.4 Å². The van der Waals surface area contributed by atoms with E-state index in [1.165, 1.54) is 0 Å². The Labute approximate surface area is 142 Å². The van der Waals surface area contributed by atoms with E-state index in [0.29, 0.717) is 12.2 Å². The van der Waals surface area contributed by atoms with Gasteiger partial charge in [0, 0.05) is 24.5 Å². The number of anilines is 2. The smallest absolute Gasteiger partial charge is 0.242 e. The molecule has 1 aromatic carbocycles. The van der Waals surface area contributed by atoms with Crippen molar-refractivity contribution >= 4 is 40.5 Å². The van der Waals surface area contributed by atoms with Crippen LogP contribution in [0, 0.1) is 0 Å². The molecule has 0 saturated heterocycles. The van der Waals surface area contributed by atoms with Gasteiger partial charge in [-0.05, 0) is 31.5 Å². The lowest BCUT2D eigenvalue weighted by atomic mass is 10.2. The molecule has 4 nitrogen and oxygen atoms in total. The van der Waals surface area contributed by atoms with Crippen LogP contribution in [0.15, 0.2) is 24.3 Å². The molecule has 0 bridgehead atoms. The Hall–Kier alpha value is -0.970. The van der Waals surface area contributed by atoms with Crippen LogP contribution >= 0.6 is 23.2 Å². The second kappa shape index (κ2) is 9.93. The number of nitrogens with zero attached hydrogens (tertiary/aromatic N) is 1. The first-order chi connectivity index (χ1) is 10.5. The molecule has 22 heavy (non-hydrogen) atoms. The monoisotopic (exact) mass is 346 g/mol. The summed E-state index contributed by atoms with van der Waals surface area (Å²) in [4.78, 5) is 13.8. The van der Waals surface area contributed by atoms with Crippen molar-refractivity contribution in [3.63, 3.8) is 0 Å². The first kappa shape index (κ1) is 19.1. The van der Waals surface area contributed by atoms with E-state index in [-0.39, 0.29) is 11.8 Å². The number of aliphatic hydroxyl groups excluding tert-OH is 1. The fourth-order valence-electron chi connectivity index (χ4n) is 2.00. The maximum Gasteiger partial charge on any atom is 0.242 e. The van der Waals surface area contributed by atoms with Crippen LogP contribution < -0.4 is 10.2 Å². The number of halogens is 2. The van der Waals surface area contributed by atoms with Crippen LogP contribution in [0.5, 0.6) is 0 Å². The molecule has 0 spiro atoms. The number of amides is 1. The third-order valence-corrected chi connectivity index (χ3v) is 3.79. The zero-order valence-corrected chi connectivity index (χ0v) is 14.6. The SMILES string of the molecule is CCCCN(CC(O)CCl)c1cccc(NC(=O)C(C)Cl)c1. The molecule has 0 aromatic heterocycles. The van der Waals surface area contributed by atoms with Gasteiger partial charge in [-0.2, -0.15) is 0 Å². The number of alkyl halides is 2. The molecule has 0 radical (unpaired) electrons. The lowest BCUT2D eigenvalue weighted by Crippen LogP contribution is -2.34. The van der Waals surface area contributed by atoms with Crippen LogP contribution in [-0.2, 0) is 4.79 Å². The highest BCUT2D eigenvalue weighted by Gasteiger charge is 2.13. The quantitative estimate of drug-likeness (QED) is 0.673. The molecular weight excluding hydrogens is 323 g/mol. The van der Waals surface area contributed by atoms with Gasteiger partial charge in [-0.15, -0.1) is 23.2 Å². The zero-order chi connectivity index (χ0) is 16.5. The van der Waals surface area contributed by atoms with Crippen LogP contribution in [0.1, 0.15) is 26.7 Å². The minimum absolute atomic E-state index is 0.197. The maximum atomic E-state index is 11.7. The van der Waals surface area contributed by atoms with E-state index in [9.17, 15) is 9.90 Å². The summed E-state index contributed by atoms with van der Waals surface area (Å²) in [5.74, 6) is -0.0391. The van der Waals surface area contributed by atoms with Gasteiger partial charge in [0.15, 0.2) is 0 Å². The van der Waals surface area contributed by atoms with E-state index in [1.807, 2.05) is 24.3 Å². The molecule has 0 fully saturated rings. The first-order valence-corrected chi connectivity index (χ1v) is 8.49. The second-order valence-electron chi connectivity index (χ2n) is 5.26. The number of carbonyl (C=O) groups is 1. The van der Waals surface area contributed by atoms with Gasteiger partial charge in [0.25, 0.3) is 0 Å². The van der Waals surface area contributed by atoms with E-state index in [2.05, 4.69) is 17.1 Å². The summed E-state index contributed by atoms with van der Waals surface area (Å²) in [6, 6.07) is 7.52. The summed E-state index contributed by atoms with van der Waals surface area (Å²) in [7, 11) is 0. The van der Waals surface area contributed by atoms with Gasteiger partial charge in [-0.25, -0.2) is 0 Å². The molecule has 0 aliphatic carbocycles. The van der Waals surface area contributed by atoms with Gasteiger partial charge in [-0.1, -0.05) is 19.4 Å². The highest BCUT2D eigenvalue weighted by atomic mass is 35.5. The van der Waals surface area contributed by atoms with Gasteiger partial charge in [0.2, 0.25) is 5.91 Å². The molecular formula is C16H24Cl2N2O2. The number of aliphatic hydroxyl groups is 1. The van der Waals surface area contributed by atoms with E-state index >= 15 is 0 Å². The minimum Gasteiger partial charge on any atom is -0.390 e. The molecule has 2 N–H and O–H groups in total. The Morgan fingerprint density at radius 1 is 1.45 bits per heavy atom. The molecule has 2 atom stereocenters. The third-order valence-electron chi connectivity index (χ3n) is 3.23. The van der Waals surface area contributed by atoms with E-state index in [1.54, 1.807) is 6.92 Å². The van der Waals surface area contributed by atoms with Crippen LogP contribution in [0.2, 0.25) is 0 Å². The fourth-order valence-corrected chi connectivity index (χ4v) is 2.15. The summed E-state index contributed by atoms with van der Waals surface area (Å²) in [5, 5.41) is 12.0. The predicted octanol–water partition coefficient (Wildman–Crippen LogP) is 3.46. The molecule has 2 unspecified atom stereocenters. The molecule has 0 saturated carbocycles. The van der Waals surface area contributed by atoms with Crippen LogP contribution in [-0.4, -0.2) is 41.5 Å². The average Bonchev–Trinajstić information content (AvgIpc) is 2.51. The van der Waals surface area contributed by atoms with Crippen LogP contribution in [0.3, 0.4) is 0 Å². The van der Waals surface area contributed by atoms with E-state index in [4.69, 9.17) is 23.2 Å². The van der Waals surface area contributed by atoms with Crippen molar-refractivity contribution in [3.05, 3.63) is 24.3 Å². The predicted molar refractivity (Wildman–Crippen MR) is 94.2 cm³/mol. The lowest BCUT2D eigenvalue weighted by Gasteiger charge is -2.27. The van der Waals surface area contributed by atoms with E-state index in [0.717, 1.165) is 25.1 Å². The molecule has 0 aliphatic heterocycles. The number of rotatable bonds is 9. The fraction of sp³-hybridized carbons (Fsp3) is 0.562. The van der Waals surface area contributed by atoms with Gasteiger partial charge in [-0.3, -0.25) is 4.79 Å². The Bertz CT molecular complexity index is 469. The van der Waals surface area contributed by atoms with Gasteiger partial charge in [0.1, 0.15) is 5.38 Å². The standard InChI is InChI=1S/C16H24Cl2N2O2/c1-3-4-8-20(11-15(21)10-17)14-7-5-6-13(9-14)19-16(22)12(2)18/h5-7,9,12,15,21H,3-4,8,10-11H2,1-2H3,(H,19,22). The van der Waals surface area contributed by atoms with Gasteiger partial charge >= 0.3 is 0 Å². The third kappa shape index (κ3) is 6.42. The molecule has 0 heterocycles. The van der Waals surface area contributed by atoms with Crippen molar-refractivity contribution in [2.45, 2.75) is 38.2 Å². The van der Waals surface area contributed by atoms with Gasteiger partial charge < -0.3 is 15.3 Å². The number of hydrogen-bond donors (Lipinski definition) is 2. The summed E-state index contributed by atoms with van der Waals surface area (Å²) in [6.07, 6.45) is 1.50. The molecule has 6 heteroatoms. The summed E-state index contributed by atoms with van der Waals surface area (Å²) < 4.78 is 0. The van der Waals surface area contributed by atoms with Crippen molar-refractivity contribution in [2.75, 3.05) is 29.2 Å². The summed E-state index contributed by atoms with van der Waals surface area (Å²) >= 11 is 11.5. The van der Waals surface area contributed by atoms with Gasteiger partial charge in [0.05, 0.1) is 12.0 Å².